The van der Waals surface area contributed by atoms with Gasteiger partial charge in [0.05, 0.1) is 0 Å². The molecule has 0 saturated carbocycles. The second-order valence-electron chi connectivity index (χ2n) is 4.98. The van der Waals surface area contributed by atoms with Gasteiger partial charge in [-0.05, 0) is 25.3 Å². The topological polar surface area (TPSA) is 62.5 Å². The summed E-state index contributed by atoms with van der Waals surface area (Å²) in [6.45, 7) is 2.79. The molecule has 1 aliphatic heterocycles. The van der Waals surface area contributed by atoms with Gasteiger partial charge in [-0.15, -0.1) is 0 Å². The van der Waals surface area contributed by atoms with Crippen LogP contribution in [0.1, 0.15) is 18.4 Å². The van der Waals surface area contributed by atoms with Crippen LogP contribution in [0.3, 0.4) is 0 Å². The van der Waals surface area contributed by atoms with Crippen molar-refractivity contribution >= 4 is 17.4 Å². The molecule has 5 heteroatoms. The zero-order chi connectivity index (χ0) is 13.3. The number of anilines is 2. The second kappa shape index (κ2) is 4.84. The van der Waals surface area contributed by atoms with Gasteiger partial charge in [-0.25, -0.2) is 4.98 Å². The standard InChI is InChI=1S/C13H20N4O/c1-9-8-15-12(7-10(9)14)17-6-4-5-11(17)13(18)16(2)3/h7-8,11H,4-6H2,1-3H3,(H2,14,15). The fourth-order valence-electron chi connectivity index (χ4n) is 2.28. The second-order valence-corrected chi connectivity index (χ2v) is 4.98. The Morgan fingerprint density at radius 2 is 2.28 bits per heavy atom. The summed E-state index contributed by atoms with van der Waals surface area (Å²) in [5.74, 6) is 0.934. The summed E-state index contributed by atoms with van der Waals surface area (Å²) in [4.78, 5) is 20.2. The Hall–Kier alpha value is -1.78. The summed E-state index contributed by atoms with van der Waals surface area (Å²) in [5.41, 5.74) is 7.60. The monoisotopic (exact) mass is 248 g/mol. The van der Waals surface area contributed by atoms with E-state index >= 15 is 0 Å². The first-order valence-electron chi connectivity index (χ1n) is 6.20. The third-order valence-corrected chi connectivity index (χ3v) is 3.40. The van der Waals surface area contributed by atoms with Gasteiger partial charge in [0, 0.05) is 38.6 Å². The Kier molecular flexibility index (Phi) is 3.41. The molecule has 1 aromatic heterocycles. The van der Waals surface area contributed by atoms with Gasteiger partial charge in [-0.3, -0.25) is 4.79 Å². The van der Waals surface area contributed by atoms with Crippen molar-refractivity contribution in [3.05, 3.63) is 17.8 Å². The maximum Gasteiger partial charge on any atom is 0.244 e. The smallest absolute Gasteiger partial charge is 0.244 e. The van der Waals surface area contributed by atoms with E-state index in [1.807, 2.05) is 13.0 Å². The van der Waals surface area contributed by atoms with Crippen molar-refractivity contribution < 1.29 is 4.79 Å². The number of hydrogen-bond acceptors (Lipinski definition) is 4. The molecule has 98 valence electrons. The maximum atomic E-state index is 12.1. The largest absolute Gasteiger partial charge is 0.398 e. The first-order chi connectivity index (χ1) is 8.50. The lowest BCUT2D eigenvalue weighted by atomic mass is 10.2. The molecule has 1 saturated heterocycles. The molecule has 2 rings (SSSR count). The van der Waals surface area contributed by atoms with Crippen LogP contribution in [0.25, 0.3) is 0 Å². The highest BCUT2D eigenvalue weighted by atomic mass is 16.2. The molecule has 1 aliphatic rings. The molecule has 1 atom stereocenters. The van der Waals surface area contributed by atoms with Crippen molar-refractivity contribution in [1.29, 1.82) is 0 Å². The molecule has 0 radical (unpaired) electrons. The van der Waals surface area contributed by atoms with E-state index in [0.717, 1.165) is 36.5 Å². The van der Waals surface area contributed by atoms with Gasteiger partial charge < -0.3 is 15.5 Å². The minimum absolute atomic E-state index is 0.102. The third kappa shape index (κ3) is 2.25. The summed E-state index contributed by atoms with van der Waals surface area (Å²) >= 11 is 0. The quantitative estimate of drug-likeness (QED) is 0.849. The highest BCUT2D eigenvalue weighted by Gasteiger charge is 2.32. The zero-order valence-electron chi connectivity index (χ0n) is 11.2. The fourth-order valence-corrected chi connectivity index (χ4v) is 2.28. The van der Waals surface area contributed by atoms with Crippen LogP contribution in [-0.4, -0.2) is 42.5 Å². The normalized spacial score (nSPS) is 19.1. The van der Waals surface area contributed by atoms with Gasteiger partial charge >= 0.3 is 0 Å². The van der Waals surface area contributed by atoms with Gasteiger partial charge in [0.1, 0.15) is 11.9 Å². The molecular formula is C13H20N4O. The van der Waals surface area contributed by atoms with Crippen molar-refractivity contribution in [2.45, 2.75) is 25.8 Å². The van der Waals surface area contributed by atoms with Crippen molar-refractivity contribution in [3.63, 3.8) is 0 Å². The number of likely N-dealkylation sites (N-methyl/N-ethyl adjacent to an activating group) is 1. The lowest BCUT2D eigenvalue weighted by Crippen LogP contribution is -2.43. The Bertz CT molecular complexity index is 458. The van der Waals surface area contributed by atoms with Crippen molar-refractivity contribution in [2.24, 2.45) is 0 Å². The third-order valence-electron chi connectivity index (χ3n) is 3.40. The molecule has 1 unspecified atom stereocenters. The Labute approximate surface area is 108 Å². The highest BCUT2D eigenvalue weighted by molar-refractivity contribution is 5.85. The summed E-state index contributed by atoms with van der Waals surface area (Å²) in [6.07, 6.45) is 3.66. The minimum Gasteiger partial charge on any atom is -0.398 e. The number of carbonyl (C=O) groups excluding carboxylic acids is 1. The average molecular weight is 248 g/mol. The van der Waals surface area contributed by atoms with Crippen LogP contribution >= 0.6 is 0 Å². The number of amides is 1. The van der Waals surface area contributed by atoms with E-state index in [4.69, 9.17) is 5.73 Å². The van der Waals surface area contributed by atoms with E-state index in [2.05, 4.69) is 9.88 Å². The lowest BCUT2D eigenvalue weighted by Gasteiger charge is -2.27. The SMILES string of the molecule is Cc1cnc(N2CCCC2C(=O)N(C)C)cc1N. The number of aromatic nitrogens is 1. The molecule has 18 heavy (non-hydrogen) atoms. The van der Waals surface area contributed by atoms with Crippen LogP contribution in [0.5, 0.6) is 0 Å². The Morgan fingerprint density at radius 3 is 2.89 bits per heavy atom. The van der Waals surface area contributed by atoms with Gasteiger partial charge in [0.15, 0.2) is 0 Å². The van der Waals surface area contributed by atoms with E-state index in [0.29, 0.717) is 0 Å². The average Bonchev–Trinajstić information content (AvgIpc) is 2.80. The van der Waals surface area contributed by atoms with Crippen LogP contribution in [0.2, 0.25) is 0 Å². The maximum absolute atomic E-state index is 12.1. The molecule has 0 spiro atoms. The summed E-state index contributed by atoms with van der Waals surface area (Å²) in [5, 5.41) is 0. The van der Waals surface area contributed by atoms with Crippen LogP contribution in [0.15, 0.2) is 12.3 Å². The molecule has 0 aliphatic carbocycles. The summed E-state index contributed by atoms with van der Waals surface area (Å²) < 4.78 is 0. The first-order valence-corrected chi connectivity index (χ1v) is 6.20. The highest BCUT2D eigenvalue weighted by Crippen LogP contribution is 2.26. The minimum atomic E-state index is -0.102. The number of nitrogens with zero attached hydrogens (tertiary/aromatic N) is 3. The predicted octanol–water partition coefficient (Wildman–Crippen LogP) is 1.03. The number of aryl methyl sites for hydroxylation is 1. The van der Waals surface area contributed by atoms with Gasteiger partial charge in [-0.2, -0.15) is 0 Å². The molecule has 1 amide bonds. The van der Waals surface area contributed by atoms with E-state index in [-0.39, 0.29) is 11.9 Å². The van der Waals surface area contributed by atoms with Gasteiger partial charge in [-0.1, -0.05) is 0 Å². The van der Waals surface area contributed by atoms with Crippen LogP contribution in [0, 0.1) is 6.92 Å². The Morgan fingerprint density at radius 1 is 1.56 bits per heavy atom. The van der Waals surface area contributed by atoms with Crippen LogP contribution in [-0.2, 0) is 4.79 Å². The summed E-state index contributed by atoms with van der Waals surface area (Å²) in [6, 6.07) is 1.76. The number of nitrogens with two attached hydrogens (primary N) is 1. The number of nitrogen functional groups attached to an aromatic ring is 1. The van der Waals surface area contributed by atoms with E-state index in [1.54, 1.807) is 25.2 Å². The van der Waals surface area contributed by atoms with Crippen LogP contribution in [0.4, 0.5) is 11.5 Å². The predicted molar refractivity (Wildman–Crippen MR) is 72.4 cm³/mol. The number of pyridine rings is 1. The number of carbonyl (C=O) groups is 1. The zero-order valence-corrected chi connectivity index (χ0v) is 11.2. The lowest BCUT2D eigenvalue weighted by molar-refractivity contribution is -0.129. The molecule has 5 nitrogen and oxygen atoms in total. The molecule has 2 N–H and O–H groups in total. The molecule has 1 aromatic rings. The van der Waals surface area contributed by atoms with Gasteiger partial charge in [0.25, 0.3) is 0 Å². The van der Waals surface area contributed by atoms with E-state index in [9.17, 15) is 4.79 Å². The van der Waals surface area contributed by atoms with Gasteiger partial charge in [0.2, 0.25) is 5.91 Å². The first kappa shape index (κ1) is 12.7. The molecule has 0 aromatic carbocycles. The van der Waals surface area contributed by atoms with Crippen molar-refractivity contribution in [3.8, 4) is 0 Å². The van der Waals surface area contributed by atoms with E-state index < -0.39 is 0 Å². The molecule has 2 heterocycles. The Balaban J connectivity index is 2.26. The fraction of sp³-hybridized carbons (Fsp3) is 0.538. The summed E-state index contributed by atoms with van der Waals surface area (Å²) in [7, 11) is 3.57. The number of rotatable bonds is 2. The molecule has 0 bridgehead atoms. The molecular weight excluding hydrogens is 228 g/mol. The van der Waals surface area contributed by atoms with Crippen molar-refractivity contribution in [2.75, 3.05) is 31.3 Å². The number of hydrogen-bond donors (Lipinski definition) is 1. The van der Waals surface area contributed by atoms with Crippen LogP contribution < -0.4 is 10.6 Å². The molecule has 1 fully saturated rings. The van der Waals surface area contributed by atoms with Crippen molar-refractivity contribution in [1.82, 2.24) is 9.88 Å². The van der Waals surface area contributed by atoms with E-state index in [1.165, 1.54) is 0 Å².